The number of hydrogen-bond donors (Lipinski definition) is 1. The molecule has 102 valence electrons. The van der Waals surface area contributed by atoms with E-state index in [-0.39, 0.29) is 0 Å². The monoisotopic (exact) mass is 241 g/mol. The van der Waals surface area contributed by atoms with Crippen molar-refractivity contribution < 1.29 is 4.74 Å². The van der Waals surface area contributed by atoms with Crippen molar-refractivity contribution >= 4 is 0 Å². The van der Waals surface area contributed by atoms with E-state index < -0.39 is 0 Å². The molecule has 4 atom stereocenters. The number of rotatable bonds is 7. The minimum absolute atomic E-state index is 0.348. The van der Waals surface area contributed by atoms with Gasteiger partial charge in [-0.05, 0) is 38.6 Å². The molecule has 0 spiro atoms. The Balaban J connectivity index is 2.35. The zero-order chi connectivity index (χ0) is 12.7. The maximum atomic E-state index is 6.27. The topological polar surface area (TPSA) is 21.3 Å². The first-order chi connectivity index (χ1) is 8.21. The summed E-state index contributed by atoms with van der Waals surface area (Å²) < 4.78 is 6.27. The predicted molar refractivity (Wildman–Crippen MR) is 74.3 cm³/mol. The largest absolute Gasteiger partial charge is 0.374 e. The standard InChI is InChI=1S/C15H31NO/c1-5-13-9-8-10-14(11-13)17-12(4)15(6-2)16-7-3/h12-16H,5-11H2,1-4H3. The Morgan fingerprint density at radius 2 is 2.00 bits per heavy atom. The first-order valence-corrected chi connectivity index (χ1v) is 7.60. The molecule has 1 aliphatic rings. The van der Waals surface area contributed by atoms with Gasteiger partial charge in [0.15, 0.2) is 0 Å². The zero-order valence-corrected chi connectivity index (χ0v) is 12.2. The summed E-state index contributed by atoms with van der Waals surface area (Å²) in [5.74, 6) is 0.903. The molecule has 0 saturated heterocycles. The number of likely N-dealkylation sites (N-methyl/N-ethyl adjacent to an activating group) is 1. The summed E-state index contributed by atoms with van der Waals surface area (Å²) in [7, 11) is 0. The molecule has 1 saturated carbocycles. The average Bonchev–Trinajstić information content (AvgIpc) is 2.36. The summed E-state index contributed by atoms with van der Waals surface area (Å²) in [4.78, 5) is 0. The predicted octanol–water partition coefficient (Wildman–Crippen LogP) is 3.75. The number of nitrogens with one attached hydrogen (secondary N) is 1. The summed E-state index contributed by atoms with van der Waals surface area (Å²) in [6, 6.07) is 0.516. The van der Waals surface area contributed by atoms with Crippen molar-refractivity contribution in [3.05, 3.63) is 0 Å². The van der Waals surface area contributed by atoms with E-state index >= 15 is 0 Å². The SMILES string of the molecule is CCNC(CC)C(C)OC1CCCC(CC)C1. The normalized spacial score (nSPS) is 28.9. The van der Waals surface area contributed by atoms with E-state index in [2.05, 4.69) is 33.0 Å². The van der Waals surface area contributed by atoms with Crippen molar-refractivity contribution in [2.45, 2.75) is 84.5 Å². The van der Waals surface area contributed by atoms with Crippen LogP contribution in [0.25, 0.3) is 0 Å². The fourth-order valence-corrected chi connectivity index (χ4v) is 3.04. The van der Waals surface area contributed by atoms with Gasteiger partial charge in [-0.15, -0.1) is 0 Å². The van der Waals surface area contributed by atoms with Crippen LogP contribution in [-0.2, 0) is 4.74 Å². The van der Waals surface area contributed by atoms with Crippen LogP contribution in [0.2, 0.25) is 0 Å². The van der Waals surface area contributed by atoms with Crippen LogP contribution in [0.4, 0.5) is 0 Å². The van der Waals surface area contributed by atoms with Crippen LogP contribution in [0.15, 0.2) is 0 Å². The molecule has 4 unspecified atom stereocenters. The highest BCUT2D eigenvalue weighted by Crippen LogP contribution is 2.29. The highest BCUT2D eigenvalue weighted by Gasteiger charge is 2.25. The van der Waals surface area contributed by atoms with Gasteiger partial charge >= 0.3 is 0 Å². The fourth-order valence-electron chi connectivity index (χ4n) is 3.04. The van der Waals surface area contributed by atoms with Crippen molar-refractivity contribution in [3.8, 4) is 0 Å². The highest BCUT2D eigenvalue weighted by atomic mass is 16.5. The lowest BCUT2D eigenvalue weighted by molar-refractivity contribution is -0.0478. The van der Waals surface area contributed by atoms with Crippen molar-refractivity contribution in [2.75, 3.05) is 6.54 Å². The van der Waals surface area contributed by atoms with Crippen LogP contribution in [0.1, 0.15) is 66.2 Å². The van der Waals surface area contributed by atoms with E-state index in [1.807, 2.05) is 0 Å². The Bertz CT molecular complexity index is 195. The van der Waals surface area contributed by atoms with Gasteiger partial charge in [0.1, 0.15) is 0 Å². The Hall–Kier alpha value is -0.0800. The van der Waals surface area contributed by atoms with Crippen LogP contribution in [0.3, 0.4) is 0 Å². The average molecular weight is 241 g/mol. The quantitative estimate of drug-likeness (QED) is 0.733. The molecule has 0 heterocycles. The van der Waals surface area contributed by atoms with Gasteiger partial charge in [-0.25, -0.2) is 0 Å². The molecule has 2 nitrogen and oxygen atoms in total. The molecular formula is C15H31NO. The highest BCUT2D eigenvalue weighted by molar-refractivity contribution is 4.77. The van der Waals surface area contributed by atoms with Crippen molar-refractivity contribution in [1.29, 1.82) is 0 Å². The van der Waals surface area contributed by atoms with Gasteiger partial charge in [0.2, 0.25) is 0 Å². The number of hydrogen-bond acceptors (Lipinski definition) is 2. The molecule has 0 aromatic rings. The van der Waals surface area contributed by atoms with Gasteiger partial charge in [0, 0.05) is 6.04 Å². The fraction of sp³-hybridized carbons (Fsp3) is 1.00. The second kappa shape index (κ2) is 8.10. The molecule has 1 aliphatic carbocycles. The summed E-state index contributed by atoms with van der Waals surface area (Å²) >= 11 is 0. The molecule has 0 aromatic carbocycles. The molecule has 17 heavy (non-hydrogen) atoms. The van der Waals surface area contributed by atoms with Crippen LogP contribution in [-0.4, -0.2) is 24.8 Å². The van der Waals surface area contributed by atoms with E-state index in [1.165, 1.54) is 32.1 Å². The van der Waals surface area contributed by atoms with Gasteiger partial charge in [-0.1, -0.05) is 40.0 Å². The van der Waals surface area contributed by atoms with Gasteiger partial charge in [0.05, 0.1) is 12.2 Å². The summed E-state index contributed by atoms with van der Waals surface area (Å²) in [6.07, 6.45) is 8.64. The Morgan fingerprint density at radius 1 is 1.24 bits per heavy atom. The zero-order valence-electron chi connectivity index (χ0n) is 12.2. The molecule has 0 aliphatic heterocycles. The Labute approximate surface area is 108 Å². The summed E-state index contributed by atoms with van der Waals surface area (Å²) in [6.45, 7) is 9.98. The molecule has 0 bridgehead atoms. The molecule has 0 radical (unpaired) electrons. The van der Waals surface area contributed by atoms with Crippen molar-refractivity contribution in [1.82, 2.24) is 5.32 Å². The first kappa shape index (κ1) is 15.0. The maximum Gasteiger partial charge on any atom is 0.0703 e. The lowest BCUT2D eigenvalue weighted by Gasteiger charge is -2.33. The lowest BCUT2D eigenvalue weighted by Crippen LogP contribution is -2.41. The molecular weight excluding hydrogens is 210 g/mol. The van der Waals surface area contributed by atoms with Gasteiger partial charge < -0.3 is 10.1 Å². The minimum atomic E-state index is 0.348. The van der Waals surface area contributed by atoms with Crippen molar-refractivity contribution in [3.63, 3.8) is 0 Å². The summed E-state index contributed by atoms with van der Waals surface area (Å²) in [5, 5.41) is 3.52. The maximum absolute atomic E-state index is 6.27. The Morgan fingerprint density at radius 3 is 2.59 bits per heavy atom. The Kier molecular flexibility index (Phi) is 7.14. The van der Waals surface area contributed by atoms with E-state index in [0.717, 1.165) is 18.9 Å². The second-order valence-electron chi connectivity index (χ2n) is 5.48. The van der Waals surface area contributed by atoms with E-state index in [4.69, 9.17) is 4.74 Å². The van der Waals surface area contributed by atoms with E-state index in [9.17, 15) is 0 Å². The third kappa shape index (κ3) is 4.97. The molecule has 2 heteroatoms. The van der Waals surface area contributed by atoms with Gasteiger partial charge in [-0.2, -0.15) is 0 Å². The molecule has 0 aromatic heterocycles. The smallest absolute Gasteiger partial charge is 0.0703 e. The van der Waals surface area contributed by atoms with Crippen molar-refractivity contribution in [2.24, 2.45) is 5.92 Å². The van der Waals surface area contributed by atoms with E-state index in [1.54, 1.807) is 0 Å². The molecule has 1 rings (SSSR count). The third-order valence-electron chi connectivity index (χ3n) is 4.19. The van der Waals surface area contributed by atoms with Crippen LogP contribution in [0.5, 0.6) is 0 Å². The minimum Gasteiger partial charge on any atom is -0.374 e. The third-order valence-corrected chi connectivity index (χ3v) is 4.19. The summed E-state index contributed by atoms with van der Waals surface area (Å²) in [5.41, 5.74) is 0. The van der Waals surface area contributed by atoms with Crippen LogP contribution < -0.4 is 5.32 Å². The van der Waals surface area contributed by atoms with Crippen LogP contribution >= 0.6 is 0 Å². The lowest BCUT2D eigenvalue weighted by atomic mass is 9.85. The first-order valence-electron chi connectivity index (χ1n) is 7.60. The molecule has 1 fully saturated rings. The van der Waals surface area contributed by atoms with Crippen LogP contribution in [0, 0.1) is 5.92 Å². The van der Waals surface area contributed by atoms with Gasteiger partial charge in [-0.3, -0.25) is 0 Å². The molecule has 0 amide bonds. The van der Waals surface area contributed by atoms with E-state index in [0.29, 0.717) is 18.2 Å². The molecule has 1 N–H and O–H groups in total. The number of ether oxygens (including phenoxy) is 1. The van der Waals surface area contributed by atoms with Gasteiger partial charge in [0.25, 0.3) is 0 Å². The second-order valence-corrected chi connectivity index (χ2v) is 5.48.